The zero-order valence-corrected chi connectivity index (χ0v) is 22.2. The maximum absolute atomic E-state index is 14.4. The first-order chi connectivity index (χ1) is 18.1. The van der Waals surface area contributed by atoms with Gasteiger partial charge in [-0.15, -0.1) is 0 Å². The van der Waals surface area contributed by atoms with Crippen LogP contribution in [-0.4, -0.2) is 69.1 Å². The van der Waals surface area contributed by atoms with Crippen molar-refractivity contribution in [3.8, 4) is 23.3 Å². The van der Waals surface area contributed by atoms with Crippen LogP contribution >= 0.6 is 0 Å². The third-order valence-corrected chi connectivity index (χ3v) is 10.4. The molecule has 7 nitrogen and oxygen atoms in total. The first-order valence-corrected chi connectivity index (χ1v) is 13.8. The SMILES string of the molecule is Cc1cccc(C#CC(=O)N(C)[C@@H]2CC[C@@]3(O)[C@H]4Cc5c(C)cc(O)c6c5[C@@]3(CC[N+]4([O-])C3CC3)[C@H]2O6)c1. The number of aliphatic hydroxyl groups is 1. The number of carbonyl (C=O) groups excluding carboxylic acids is 1. The molecule has 2 bridgehead atoms. The lowest BCUT2D eigenvalue weighted by Crippen LogP contribution is -2.81. The second-order valence-corrected chi connectivity index (χ2v) is 12.2. The fourth-order valence-corrected chi connectivity index (χ4v) is 8.42. The highest BCUT2D eigenvalue weighted by Crippen LogP contribution is 2.68. The number of likely N-dealkylation sites (N-methyl/N-ethyl adjacent to an activating group) is 1. The van der Waals surface area contributed by atoms with Crippen molar-refractivity contribution in [2.45, 2.75) is 87.6 Å². The molecule has 198 valence electrons. The van der Waals surface area contributed by atoms with Crippen molar-refractivity contribution in [3.05, 3.63) is 63.4 Å². The van der Waals surface area contributed by atoms with Crippen molar-refractivity contribution in [3.63, 3.8) is 0 Å². The van der Waals surface area contributed by atoms with Crippen LogP contribution in [0, 0.1) is 30.9 Å². The van der Waals surface area contributed by atoms with E-state index < -0.39 is 23.2 Å². The Balaban J connectivity index is 1.31. The fourth-order valence-electron chi connectivity index (χ4n) is 8.42. The molecular formula is C31H34N2O5. The number of hydrogen-bond acceptors (Lipinski definition) is 5. The van der Waals surface area contributed by atoms with Gasteiger partial charge in [0.1, 0.15) is 17.7 Å². The molecule has 6 atom stereocenters. The summed E-state index contributed by atoms with van der Waals surface area (Å²) in [5.41, 5.74) is 2.59. The Labute approximate surface area is 223 Å². The highest BCUT2D eigenvalue weighted by atomic mass is 16.6. The van der Waals surface area contributed by atoms with Crippen molar-refractivity contribution in [1.82, 2.24) is 4.90 Å². The largest absolute Gasteiger partial charge is 0.632 e. The topological polar surface area (TPSA) is 93.1 Å². The Morgan fingerprint density at radius 3 is 2.74 bits per heavy atom. The van der Waals surface area contributed by atoms with E-state index in [1.165, 1.54) is 0 Å². The van der Waals surface area contributed by atoms with Gasteiger partial charge in [0, 0.05) is 49.8 Å². The van der Waals surface area contributed by atoms with Crippen molar-refractivity contribution < 1.29 is 24.4 Å². The molecule has 38 heavy (non-hydrogen) atoms. The third-order valence-electron chi connectivity index (χ3n) is 10.4. The van der Waals surface area contributed by atoms with Crippen molar-refractivity contribution >= 4 is 5.91 Å². The van der Waals surface area contributed by atoms with Gasteiger partial charge in [0.25, 0.3) is 5.91 Å². The number of quaternary nitrogens is 1. The monoisotopic (exact) mass is 514 g/mol. The van der Waals surface area contributed by atoms with Gasteiger partial charge in [-0.05, 0) is 61.6 Å². The predicted molar refractivity (Wildman–Crippen MR) is 141 cm³/mol. The number of phenolic OH excluding ortho intramolecular Hbond substituents is 1. The number of benzene rings is 2. The molecule has 7 rings (SSSR count). The van der Waals surface area contributed by atoms with E-state index in [4.69, 9.17) is 4.74 Å². The first-order valence-electron chi connectivity index (χ1n) is 13.8. The van der Waals surface area contributed by atoms with Crippen molar-refractivity contribution in [1.29, 1.82) is 0 Å². The van der Waals surface area contributed by atoms with Crippen LogP contribution in [0.15, 0.2) is 30.3 Å². The van der Waals surface area contributed by atoms with Gasteiger partial charge in [0.2, 0.25) is 0 Å². The molecule has 2 aromatic carbocycles. The predicted octanol–water partition coefficient (Wildman–Crippen LogP) is 3.22. The Morgan fingerprint density at radius 1 is 1.21 bits per heavy atom. The summed E-state index contributed by atoms with van der Waals surface area (Å²) in [4.78, 5) is 15.0. The normalized spacial score (nSPS) is 36.0. The minimum absolute atomic E-state index is 0.0551. The van der Waals surface area contributed by atoms with Crippen LogP contribution in [0.5, 0.6) is 11.5 Å². The van der Waals surface area contributed by atoms with E-state index in [0.717, 1.165) is 40.7 Å². The number of aromatic hydroxyl groups is 1. The summed E-state index contributed by atoms with van der Waals surface area (Å²) < 4.78 is 6.24. The van der Waals surface area contributed by atoms with Crippen LogP contribution in [0.2, 0.25) is 0 Å². The molecule has 2 saturated carbocycles. The molecule has 1 amide bonds. The number of rotatable bonds is 2. The molecule has 7 heteroatoms. The number of piperidine rings is 1. The van der Waals surface area contributed by atoms with E-state index in [-0.39, 0.29) is 28.4 Å². The van der Waals surface area contributed by atoms with Gasteiger partial charge < -0.3 is 29.7 Å². The summed E-state index contributed by atoms with van der Waals surface area (Å²) in [6.07, 6.45) is 3.14. The Kier molecular flexibility index (Phi) is 4.90. The van der Waals surface area contributed by atoms with Gasteiger partial charge in [-0.25, -0.2) is 0 Å². The van der Waals surface area contributed by atoms with E-state index in [1.807, 2.05) is 38.1 Å². The van der Waals surface area contributed by atoms with Crippen molar-refractivity contribution in [2.24, 2.45) is 0 Å². The molecule has 0 radical (unpaired) electrons. The average molecular weight is 515 g/mol. The third kappa shape index (κ3) is 2.94. The van der Waals surface area contributed by atoms with Crippen LogP contribution in [-0.2, 0) is 16.6 Å². The lowest BCUT2D eigenvalue weighted by atomic mass is 9.47. The maximum Gasteiger partial charge on any atom is 0.298 e. The van der Waals surface area contributed by atoms with Crippen molar-refractivity contribution in [2.75, 3.05) is 13.6 Å². The molecule has 3 aliphatic carbocycles. The molecule has 3 fully saturated rings. The number of aryl methyl sites for hydroxylation is 2. The molecular weight excluding hydrogens is 480 g/mol. The Bertz CT molecular complexity index is 1440. The highest BCUT2D eigenvalue weighted by Gasteiger charge is 2.77. The summed E-state index contributed by atoms with van der Waals surface area (Å²) >= 11 is 0. The number of phenols is 1. The van der Waals surface area contributed by atoms with E-state index >= 15 is 0 Å². The molecule has 2 aromatic rings. The molecule has 1 unspecified atom stereocenters. The molecule has 1 saturated heterocycles. The van der Waals surface area contributed by atoms with Gasteiger partial charge >= 0.3 is 0 Å². The molecule has 5 aliphatic rings. The summed E-state index contributed by atoms with van der Waals surface area (Å²) in [5.74, 6) is 5.96. The zero-order chi connectivity index (χ0) is 26.6. The average Bonchev–Trinajstić information content (AvgIpc) is 3.67. The van der Waals surface area contributed by atoms with Gasteiger partial charge in [-0.2, -0.15) is 0 Å². The van der Waals surface area contributed by atoms with Crippen LogP contribution in [0.3, 0.4) is 0 Å². The number of likely N-dealkylation sites (tertiary alicyclic amines) is 1. The fraction of sp³-hybridized carbons (Fsp3) is 0.516. The number of carbonyl (C=O) groups is 1. The van der Waals surface area contributed by atoms with E-state index in [0.29, 0.717) is 38.0 Å². The smallest absolute Gasteiger partial charge is 0.298 e. The Hall–Kier alpha value is -3.05. The second kappa shape index (κ2) is 7.75. The van der Waals surface area contributed by atoms with Gasteiger partial charge in [-0.3, -0.25) is 4.79 Å². The zero-order valence-electron chi connectivity index (χ0n) is 22.2. The number of nitrogens with zero attached hydrogens (tertiary/aromatic N) is 2. The molecule has 2 N–H and O–H groups in total. The number of hydroxylamine groups is 3. The lowest BCUT2D eigenvalue weighted by Gasteiger charge is -2.68. The summed E-state index contributed by atoms with van der Waals surface area (Å²) in [6.45, 7) is 4.37. The second-order valence-electron chi connectivity index (χ2n) is 12.2. The summed E-state index contributed by atoms with van der Waals surface area (Å²) in [7, 11) is 1.75. The lowest BCUT2D eigenvalue weighted by molar-refractivity contribution is -0.932. The molecule has 2 heterocycles. The quantitative estimate of drug-likeness (QED) is 0.365. The number of amides is 1. The van der Waals surface area contributed by atoms with Gasteiger partial charge in [0.05, 0.1) is 24.0 Å². The van der Waals surface area contributed by atoms with Crippen LogP contribution < -0.4 is 4.74 Å². The Morgan fingerprint density at radius 2 is 2.00 bits per heavy atom. The maximum atomic E-state index is 14.4. The van der Waals surface area contributed by atoms with Crippen LogP contribution in [0.25, 0.3) is 0 Å². The van der Waals surface area contributed by atoms with Gasteiger partial charge in [-0.1, -0.05) is 18.1 Å². The van der Waals surface area contributed by atoms with Crippen LogP contribution in [0.1, 0.15) is 59.9 Å². The van der Waals surface area contributed by atoms with E-state index in [1.54, 1.807) is 18.0 Å². The summed E-state index contributed by atoms with van der Waals surface area (Å²) in [6, 6.07) is 8.69. The van der Waals surface area contributed by atoms with Gasteiger partial charge in [0.15, 0.2) is 11.5 Å². The van der Waals surface area contributed by atoms with E-state index in [2.05, 4.69) is 11.8 Å². The minimum atomic E-state index is -1.26. The first kappa shape index (κ1) is 24.0. The van der Waals surface area contributed by atoms with Crippen LogP contribution in [0.4, 0.5) is 0 Å². The number of ether oxygens (including phenoxy) is 1. The standard InChI is InChI=1S/C31H34N2O5/c1-18-5-4-6-20(15-18)7-10-26(35)32(3)23-11-12-31(36)25-17-22-19(2)16-24(34)28-27(22)30(31,29(23)38-28)13-14-33(25,37)21-8-9-21/h4-6,15-16,21,23,25,29,34,36H,8-9,11-14,17H2,1-3H3/t23-,25-,29+,30+,31-,33?/m1/s1. The number of hydrogen-bond donors (Lipinski definition) is 2. The molecule has 1 spiro atoms. The molecule has 0 aromatic heterocycles. The summed E-state index contributed by atoms with van der Waals surface area (Å²) in [5, 5.41) is 37.9. The van der Waals surface area contributed by atoms with E-state index in [9.17, 15) is 20.2 Å². The highest BCUT2D eigenvalue weighted by molar-refractivity contribution is 5.94. The molecule has 2 aliphatic heterocycles. The minimum Gasteiger partial charge on any atom is -0.632 e.